The van der Waals surface area contributed by atoms with E-state index in [0.29, 0.717) is 18.5 Å². The summed E-state index contributed by atoms with van der Waals surface area (Å²) in [5.41, 5.74) is 7.34. The number of benzene rings is 2. The van der Waals surface area contributed by atoms with E-state index in [4.69, 9.17) is 5.73 Å². The lowest BCUT2D eigenvalue weighted by Gasteiger charge is -2.29. The largest absolute Gasteiger partial charge is 0.329 e. The maximum Gasteiger partial charge on any atom is 0.0467 e. The molecule has 0 aliphatic rings. The van der Waals surface area contributed by atoms with Crippen LogP contribution < -0.4 is 5.73 Å². The van der Waals surface area contributed by atoms with Crippen molar-refractivity contribution in [2.24, 2.45) is 11.7 Å². The summed E-state index contributed by atoms with van der Waals surface area (Å²) in [7, 11) is 2.18. The number of rotatable bonds is 6. The first-order chi connectivity index (χ1) is 9.65. The maximum atomic E-state index is 6.03. The van der Waals surface area contributed by atoms with Gasteiger partial charge < -0.3 is 5.73 Å². The van der Waals surface area contributed by atoms with Crippen LogP contribution in [0.1, 0.15) is 31.9 Å². The highest BCUT2D eigenvalue weighted by molar-refractivity contribution is 5.83. The van der Waals surface area contributed by atoms with Gasteiger partial charge in [-0.2, -0.15) is 0 Å². The Kier molecular flexibility index (Phi) is 5.16. The molecule has 0 saturated heterocycles. The van der Waals surface area contributed by atoms with Crippen molar-refractivity contribution in [1.29, 1.82) is 0 Å². The van der Waals surface area contributed by atoms with Crippen molar-refractivity contribution < 1.29 is 0 Å². The lowest BCUT2D eigenvalue weighted by molar-refractivity contribution is 0.215. The molecule has 0 saturated carbocycles. The molecule has 0 heterocycles. The standard InChI is InChI=1S/C18H26N2/c1-4-14(2)13-20(3)18(12-19)17-10-9-15-7-5-6-8-16(15)11-17/h5-11,14,18H,4,12-13,19H2,1-3H3. The highest BCUT2D eigenvalue weighted by Gasteiger charge is 2.17. The Hall–Kier alpha value is -1.38. The van der Waals surface area contributed by atoms with Gasteiger partial charge in [-0.05, 0) is 35.4 Å². The number of nitrogens with two attached hydrogens (primary N) is 1. The van der Waals surface area contributed by atoms with Gasteiger partial charge in [0.15, 0.2) is 0 Å². The summed E-state index contributed by atoms with van der Waals surface area (Å²) >= 11 is 0. The van der Waals surface area contributed by atoms with Crippen LogP contribution in [0.4, 0.5) is 0 Å². The minimum absolute atomic E-state index is 0.300. The Labute approximate surface area is 122 Å². The first-order valence-corrected chi connectivity index (χ1v) is 7.54. The highest BCUT2D eigenvalue weighted by Crippen LogP contribution is 2.24. The average Bonchev–Trinajstić information content (AvgIpc) is 2.47. The highest BCUT2D eigenvalue weighted by atomic mass is 15.1. The molecule has 2 unspecified atom stereocenters. The van der Waals surface area contributed by atoms with E-state index < -0.39 is 0 Å². The van der Waals surface area contributed by atoms with Crippen LogP contribution in [-0.2, 0) is 0 Å². The normalized spacial score (nSPS) is 14.7. The second kappa shape index (κ2) is 6.87. The molecule has 0 spiro atoms. The quantitative estimate of drug-likeness (QED) is 0.864. The average molecular weight is 270 g/mol. The minimum atomic E-state index is 0.300. The summed E-state index contributed by atoms with van der Waals surface area (Å²) in [5, 5.41) is 2.58. The molecular weight excluding hydrogens is 244 g/mol. The van der Waals surface area contributed by atoms with E-state index in [2.05, 4.69) is 68.3 Å². The van der Waals surface area contributed by atoms with Crippen molar-refractivity contribution in [2.45, 2.75) is 26.3 Å². The van der Waals surface area contributed by atoms with Gasteiger partial charge in [0, 0.05) is 19.1 Å². The van der Waals surface area contributed by atoms with Crippen LogP contribution in [0.25, 0.3) is 10.8 Å². The van der Waals surface area contributed by atoms with E-state index in [1.165, 1.54) is 22.8 Å². The Morgan fingerprint density at radius 3 is 2.45 bits per heavy atom. The van der Waals surface area contributed by atoms with E-state index in [0.717, 1.165) is 6.54 Å². The Morgan fingerprint density at radius 1 is 1.10 bits per heavy atom. The predicted molar refractivity (Wildman–Crippen MR) is 87.8 cm³/mol. The second-order valence-electron chi connectivity index (χ2n) is 5.81. The maximum absolute atomic E-state index is 6.03. The number of fused-ring (bicyclic) bond motifs is 1. The Morgan fingerprint density at radius 2 is 1.80 bits per heavy atom. The zero-order valence-corrected chi connectivity index (χ0v) is 12.8. The molecule has 0 amide bonds. The van der Waals surface area contributed by atoms with E-state index in [1.807, 2.05) is 0 Å². The molecule has 0 aromatic heterocycles. The molecule has 20 heavy (non-hydrogen) atoms. The Balaban J connectivity index is 2.24. The summed E-state index contributed by atoms with van der Waals surface area (Å²) in [6, 6.07) is 15.5. The van der Waals surface area contributed by atoms with Gasteiger partial charge in [-0.25, -0.2) is 0 Å². The first kappa shape index (κ1) is 15.0. The molecule has 0 fully saturated rings. The van der Waals surface area contributed by atoms with Crippen LogP contribution in [-0.4, -0.2) is 25.0 Å². The molecule has 2 rings (SSSR count). The van der Waals surface area contributed by atoms with Crippen LogP contribution >= 0.6 is 0 Å². The van der Waals surface area contributed by atoms with Crippen molar-refractivity contribution in [2.75, 3.05) is 20.1 Å². The van der Waals surface area contributed by atoms with E-state index in [-0.39, 0.29) is 0 Å². The predicted octanol–water partition coefficient (Wildman–Crippen LogP) is 3.82. The monoisotopic (exact) mass is 270 g/mol. The molecule has 0 radical (unpaired) electrons. The molecule has 108 valence electrons. The number of hydrogen-bond donors (Lipinski definition) is 1. The second-order valence-corrected chi connectivity index (χ2v) is 5.81. The lowest BCUT2D eigenvalue weighted by Crippen LogP contribution is -2.33. The van der Waals surface area contributed by atoms with Crippen molar-refractivity contribution in [3.63, 3.8) is 0 Å². The summed E-state index contributed by atoms with van der Waals surface area (Å²) in [4.78, 5) is 2.39. The van der Waals surface area contributed by atoms with Crippen molar-refractivity contribution in [1.82, 2.24) is 4.90 Å². The summed E-state index contributed by atoms with van der Waals surface area (Å²) < 4.78 is 0. The number of hydrogen-bond acceptors (Lipinski definition) is 2. The van der Waals surface area contributed by atoms with Gasteiger partial charge in [0.25, 0.3) is 0 Å². The SMILES string of the molecule is CCC(C)CN(C)C(CN)c1ccc2ccccc2c1. The molecule has 2 heteroatoms. The van der Waals surface area contributed by atoms with Crippen LogP contribution in [0.3, 0.4) is 0 Å². The van der Waals surface area contributed by atoms with Gasteiger partial charge in [0.2, 0.25) is 0 Å². The smallest absolute Gasteiger partial charge is 0.0467 e. The topological polar surface area (TPSA) is 29.3 Å². The summed E-state index contributed by atoms with van der Waals surface area (Å²) in [6.07, 6.45) is 1.21. The third-order valence-electron chi connectivity index (χ3n) is 4.21. The van der Waals surface area contributed by atoms with Gasteiger partial charge in [-0.3, -0.25) is 4.90 Å². The van der Waals surface area contributed by atoms with Crippen LogP contribution in [0, 0.1) is 5.92 Å². The zero-order valence-electron chi connectivity index (χ0n) is 12.8. The third-order valence-corrected chi connectivity index (χ3v) is 4.21. The van der Waals surface area contributed by atoms with Crippen LogP contribution in [0.15, 0.2) is 42.5 Å². The van der Waals surface area contributed by atoms with Crippen molar-refractivity contribution in [3.8, 4) is 0 Å². The van der Waals surface area contributed by atoms with Gasteiger partial charge in [0.1, 0.15) is 0 Å². The summed E-state index contributed by atoms with van der Waals surface area (Å²) in [6.45, 7) is 6.28. The zero-order chi connectivity index (χ0) is 14.5. The molecule has 2 atom stereocenters. The number of likely N-dealkylation sites (N-methyl/N-ethyl adjacent to an activating group) is 1. The van der Waals surface area contributed by atoms with Gasteiger partial charge in [-0.15, -0.1) is 0 Å². The molecule has 2 aromatic rings. The van der Waals surface area contributed by atoms with Crippen LogP contribution in [0.2, 0.25) is 0 Å². The molecule has 0 aliphatic heterocycles. The third kappa shape index (κ3) is 3.38. The fourth-order valence-corrected chi connectivity index (χ4v) is 2.73. The molecule has 0 aliphatic carbocycles. The van der Waals surface area contributed by atoms with Crippen molar-refractivity contribution in [3.05, 3.63) is 48.0 Å². The number of nitrogens with zero attached hydrogens (tertiary/aromatic N) is 1. The Bertz CT molecular complexity index is 550. The van der Waals surface area contributed by atoms with Gasteiger partial charge >= 0.3 is 0 Å². The van der Waals surface area contributed by atoms with Crippen LogP contribution in [0.5, 0.6) is 0 Å². The fraction of sp³-hybridized carbons (Fsp3) is 0.444. The first-order valence-electron chi connectivity index (χ1n) is 7.54. The molecule has 2 N–H and O–H groups in total. The minimum Gasteiger partial charge on any atom is -0.329 e. The molecule has 2 aromatic carbocycles. The fourth-order valence-electron chi connectivity index (χ4n) is 2.73. The summed E-state index contributed by atoms with van der Waals surface area (Å²) in [5.74, 6) is 0.703. The van der Waals surface area contributed by atoms with Gasteiger partial charge in [0.05, 0.1) is 0 Å². The van der Waals surface area contributed by atoms with E-state index in [9.17, 15) is 0 Å². The molecule has 0 bridgehead atoms. The van der Waals surface area contributed by atoms with Gasteiger partial charge in [-0.1, -0.05) is 56.7 Å². The van der Waals surface area contributed by atoms with E-state index >= 15 is 0 Å². The van der Waals surface area contributed by atoms with Crippen molar-refractivity contribution >= 4 is 10.8 Å². The molecular formula is C18H26N2. The van der Waals surface area contributed by atoms with E-state index in [1.54, 1.807) is 0 Å². The lowest BCUT2D eigenvalue weighted by atomic mass is 9.99. The molecule has 2 nitrogen and oxygen atoms in total.